The summed E-state index contributed by atoms with van der Waals surface area (Å²) in [6.45, 7) is 1.22. The molecule has 4 bridgehead atoms. The second kappa shape index (κ2) is 5.07. The molecule has 0 aliphatic heterocycles. The molecular weight excluding hydrogens is 246 g/mol. The van der Waals surface area contributed by atoms with Crippen molar-refractivity contribution in [1.29, 1.82) is 0 Å². The van der Waals surface area contributed by atoms with E-state index in [9.17, 15) is 0 Å². The Morgan fingerprint density at radius 1 is 0.950 bits per heavy atom. The summed E-state index contributed by atoms with van der Waals surface area (Å²) in [6, 6.07) is 8.70. The highest BCUT2D eigenvalue weighted by Crippen LogP contribution is 2.60. The van der Waals surface area contributed by atoms with Gasteiger partial charge in [-0.1, -0.05) is 18.2 Å². The third-order valence-electron chi connectivity index (χ3n) is 5.88. The predicted octanol–water partition coefficient (Wildman–Crippen LogP) is 3.56. The molecule has 4 aliphatic carbocycles. The maximum Gasteiger partial charge on any atom is 0.122 e. The summed E-state index contributed by atoms with van der Waals surface area (Å²) in [5.74, 6) is 5.73. The topological polar surface area (TPSA) is 35.2 Å². The molecule has 0 aromatic heterocycles. The van der Waals surface area contributed by atoms with Crippen LogP contribution >= 0.6 is 0 Å². The zero-order chi connectivity index (χ0) is 13.5. The molecule has 4 aliphatic rings. The monoisotopic (exact) mass is 271 g/mol. The Morgan fingerprint density at radius 2 is 1.60 bits per heavy atom. The third kappa shape index (κ3) is 2.05. The molecule has 1 aromatic rings. The average Bonchev–Trinajstić information content (AvgIpc) is 2.45. The fourth-order valence-electron chi connectivity index (χ4n) is 5.49. The molecule has 0 saturated heterocycles. The second-order valence-corrected chi connectivity index (χ2v) is 7.13. The molecule has 4 saturated carbocycles. The first-order valence-electron chi connectivity index (χ1n) is 8.27. The highest BCUT2D eigenvalue weighted by Gasteiger charge is 2.49. The lowest BCUT2D eigenvalue weighted by molar-refractivity contribution is -0.00361. The minimum Gasteiger partial charge on any atom is -0.492 e. The third-order valence-corrected chi connectivity index (χ3v) is 5.88. The maximum atomic E-state index is 5.92. The number of benzene rings is 1. The van der Waals surface area contributed by atoms with Crippen molar-refractivity contribution in [3.63, 3.8) is 0 Å². The molecule has 108 valence electrons. The van der Waals surface area contributed by atoms with Crippen molar-refractivity contribution in [3.05, 3.63) is 29.8 Å². The van der Waals surface area contributed by atoms with E-state index in [2.05, 4.69) is 24.3 Å². The van der Waals surface area contributed by atoms with Crippen LogP contribution < -0.4 is 10.5 Å². The van der Waals surface area contributed by atoms with E-state index in [1.54, 1.807) is 0 Å². The first kappa shape index (κ1) is 12.7. The summed E-state index contributed by atoms with van der Waals surface area (Å²) in [5.41, 5.74) is 7.06. The van der Waals surface area contributed by atoms with E-state index in [1.165, 1.54) is 37.7 Å². The van der Waals surface area contributed by atoms with Crippen LogP contribution in [-0.4, -0.2) is 13.2 Å². The first-order chi connectivity index (χ1) is 9.85. The van der Waals surface area contributed by atoms with Crippen LogP contribution in [0.1, 0.15) is 43.6 Å². The number of hydrogen-bond acceptors (Lipinski definition) is 2. The maximum absolute atomic E-state index is 5.92. The molecule has 0 heterocycles. The molecule has 4 fully saturated rings. The number of hydrogen-bond donors (Lipinski definition) is 1. The Balaban J connectivity index is 1.64. The van der Waals surface area contributed by atoms with Gasteiger partial charge in [0.25, 0.3) is 0 Å². The van der Waals surface area contributed by atoms with Crippen LogP contribution in [0.15, 0.2) is 24.3 Å². The fourth-order valence-corrected chi connectivity index (χ4v) is 5.49. The van der Waals surface area contributed by atoms with E-state index in [4.69, 9.17) is 10.5 Å². The van der Waals surface area contributed by atoms with Gasteiger partial charge in [0.1, 0.15) is 12.4 Å². The molecule has 0 radical (unpaired) electrons. The molecule has 1 aromatic carbocycles. The normalized spacial score (nSPS) is 38.1. The van der Waals surface area contributed by atoms with Crippen LogP contribution in [0.5, 0.6) is 5.75 Å². The Labute approximate surface area is 121 Å². The minimum absolute atomic E-state index is 0.593. The first-order valence-corrected chi connectivity index (χ1v) is 8.27. The molecule has 0 atom stereocenters. The lowest BCUT2D eigenvalue weighted by Gasteiger charge is -2.54. The van der Waals surface area contributed by atoms with Crippen molar-refractivity contribution < 1.29 is 4.74 Å². The average molecular weight is 271 g/mol. The van der Waals surface area contributed by atoms with Crippen molar-refractivity contribution in [1.82, 2.24) is 0 Å². The number of para-hydroxylation sites is 1. The van der Waals surface area contributed by atoms with E-state index in [-0.39, 0.29) is 0 Å². The van der Waals surface area contributed by atoms with Gasteiger partial charge in [-0.2, -0.15) is 0 Å². The van der Waals surface area contributed by atoms with E-state index >= 15 is 0 Å². The van der Waals surface area contributed by atoms with E-state index in [1.807, 2.05) is 0 Å². The van der Waals surface area contributed by atoms with Gasteiger partial charge < -0.3 is 10.5 Å². The van der Waals surface area contributed by atoms with Gasteiger partial charge in [-0.05, 0) is 73.3 Å². The Kier molecular flexibility index (Phi) is 3.22. The van der Waals surface area contributed by atoms with E-state index in [0.29, 0.717) is 13.2 Å². The van der Waals surface area contributed by atoms with Crippen molar-refractivity contribution in [2.45, 2.75) is 38.0 Å². The minimum atomic E-state index is 0.593. The Morgan fingerprint density at radius 3 is 2.25 bits per heavy atom. The SMILES string of the molecule is NCCOc1ccccc1C1C2CC3CC(C2)CC1C3. The van der Waals surface area contributed by atoms with E-state index in [0.717, 1.165) is 35.3 Å². The van der Waals surface area contributed by atoms with Gasteiger partial charge in [0, 0.05) is 6.54 Å². The Bertz CT molecular complexity index is 456. The number of ether oxygens (including phenoxy) is 1. The molecule has 0 spiro atoms. The van der Waals surface area contributed by atoms with Crippen LogP contribution in [0.4, 0.5) is 0 Å². The fraction of sp³-hybridized carbons (Fsp3) is 0.667. The van der Waals surface area contributed by atoms with Crippen LogP contribution in [0, 0.1) is 23.7 Å². The van der Waals surface area contributed by atoms with Crippen LogP contribution in [0.25, 0.3) is 0 Å². The van der Waals surface area contributed by atoms with Crippen molar-refractivity contribution in [2.24, 2.45) is 29.4 Å². The molecule has 20 heavy (non-hydrogen) atoms. The summed E-state index contributed by atoms with van der Waals surface area (Å²) in [6.07, 6.45) is 7.36. The lowest BCUT2D eigenvalue weighted by Crippen LogP contribution is -2.43. The summed E-state index contributed by atoms with van der Waals surface area (Å²) in [7, 11) is 0. The molecular formula is C18H25NO. The standard InChI is InChI=1S/C18H25NO/c19-5-6-20-17-4-2-1-3-16(17)18-14-8-12-7-13(10-14)11-15(18)9-12/h1-4,12-15,18H,5-11,19H2. The van der Waals surface area contributed by atoms with Crippen molar-refractivity contribution >= 4 is 0 Å². The molecule has 5 rings (SSSR count). The van der Waals surface area contributed by atoms with Gasteiger partial charge in [-0.3, -0.25) is 0 Å². The van der Waals surface area contributed by atoms with Gasteiger partial charge in [-0.15, -0.1) is 0 Å². The zero-order valence-corrected chi connectivity index (χ0v) is 12.1. The van der Waals surface area contributed by atoms with Crippen LogP contribution in [0.2, 0.25) is 0 Å². The summed E-state index contributed by atoms with van der Waals surface area (Å²) < 4.78 is 5.92. The number of rotatable bonds is 4. The molecule has 0 unspecified atom stereocenters. The highest BCUT2D eigenvalue weighted by molar-refractivity contribution is 5.38. The molecule has 2 heteroatoms. The largest absolute Gasteiger partial charge is 0.492 e. The number of nitrogens with two attached hydrogens (primary N) is 1. The van der Waals surface area contributed by atoms with Crippen LogP contribution in [-0.2, 0) is 0 Å². The van der Waals surface area contributed by atoms with Crippen LogP contribution in [0.3, 0.4) is 0 Å². The second-order valence-electron chi connectivity index (χ2n) is 7.13. The molecule has 2 N–H and O–H groups in total. The molecule has 2 nitrogen and oxygen atoms in total. The van der Waals surface area contributed by atoms with Crippen molar-refractivity contribution in [3.8, 4) is 5.75 Å². The van der Waals surface area contributed by atoms with E-state index < -0.39 is 0 Å². The van der Waals surface area contributed by atoms with Gasteiger partial charge in [-0.25, -0.2) is 0 Å². The van der Waals surface area contributed by atoms with Crippen molar-refractivity contribution in [2.75, 3.05) is 13.2 Å². The van der Waals surface area contributed by atoms with Gasteiger partial charge in [0.15, 0.2) is 0 Å². The quantitative estimate of drug-likeness (QED) is 0.908. The van der Waals surface area contributed by atoms with Gasteiger partial charge in [0.2, 0.25) is 0 Å². The molecule has 0 amide bonds. The van der Waals surface area contributed by atoms with Gasteiger partial charge in [0.05, 0.1) is 0 Å². The van der Waals surface area contributed by atoms with Gasteiger partial charge >= 0.3 is 0 Å². The predicted molar refractivity (Wildman–Crippen MR) is 80.8 cm³/mol. The zero-order valence-electron chi connectivity index (χ0n) is 12.1. The smallest absolute Gasteiger partial charge is 0.122 e. The summed E-state index contributed by atoms with van der Waals surface area (Å²) in [4.78, 5) is 0. The highest BCUT2D eigenvalue weighted by atomic mass is 16.5. The lowest BCUT2D eigenvalue weighted by atomic mass is 9.50. The summed E-state index contributed by atoms with van der Waals surface area (Å²) >= 11 is 0. The Hall–Kier alpha value is -1.02. The summed E-state index contributed by atoms with van der Waals surface area (Å²) in [5, 5.41) is 0.